The number of hydrogen-bond acceptors (Lipinski definition) is 4. The number of benzene rings is 2. The number of carbonyl (C=O) groups is 2. The Labute approximate surface area is 247 Å². The van der Waals surface area contributed by atoms with Gasteiger partial charge in [-0.05, 0) is 72.7 Å². The summed E-state index contributed by atoms with van der Waals surface area (Å²) in [5, 5.41) is 6.35. The maximum atomic E-state index is 14.2. The largest absolute Gasteiger partial charge is 0.435 e. The van der Waals surface area contributed by atoms with Crippen molar-refractivity contribution < 1.29 is 35.9 Å². The molecule has 0 radical (unpaired) electrons. The molecule has 0 aliphatic heterocycles. The van der Waals surface area contributed by atoms with E-state index in [1.165, 1.54) is 24.5 Å². The predicted molar refractivity (Wildman–Crippen MR) is 148 cm³/mol. The fourth-order valence-corrected chi connectivity index (χ4v) is 5.25. The first-order chi connectivity index (χ1) is 20.9. The molecular weight excluding hydrogens is 588 g/mol. The van der Waals surface area contributed by atoms with Crippen LogP contribution < -0.4 is 11.1 Å². The van der Waals surface area contributed by atoms with Crippen molar-refractivity contribution >= 4 is 17.4 Å². The van der Waals surface area contributed by atoms with E-state index in [4.69, 9.17) is 5.73 Å². The van der Waals surface area contributed by atoms with E-state index in [0.717, 1.165) is 22.9 Å². The lowest BCUT2D eigenvalue weighted by molar-refractivity contribution is -0.142. The van der Waals surface area contributed by atoms with Gasteiger partial charge in [-0.15, -0.1) is 0 Å². The molecule has 44 heavy (non-hydrogen) atoms. The van der Waals surface area contributed by atoms with Gasteiger partial charge >= 0.3 is 6.18 Å². The molecule has 3 N–H and O–H groups in total. The first kappa shape index (κ1) is 30.5. The minimum atomic E-state index is -4.74. The van der Waals surface area contributed by atoms with E-state index >= 15 is 0 Å². The van der Waals surface area contributed by atoms with Crippen LogP contribution in [0.15, 0.2) is 67.0 Å². The van der Waals surface area contributed by atoms with Crippen LogP contribution in [0.5, 0.6) is 0 Å². The third-order valence-electron chi connectivity index (χ3n) is 7.13. The molecule has 0 bridgehead atoms. The van der Waals surface area contributed by atoms with Crippen molar-refractivity contribution in [3.8, 4) is 11.1 Å². The van der Waals surface area contributed by atoms with Crippen molar-refractivity contribution in [3.63, 3.8) is 0 Å². The van der Waals surface area contributed by atoms with E-state index in [0.29, 0.717) is 42.0 Å². The van der Waals surface area contributed by atoms with Gasteiger partial charge in [0.15, 0.2) is 5.69 Å². The van der Waals surface area contributed by atoms with Crippen molar-refractivity contribution in [2.45, 2.75) is 44.4 Å². The third kappa shape index (κ3) is 6.82. The standard InChI is InChI=1S/C31H25F6N5O2/c32-20-10-17(11-21(33)14-20)12-26(28-22(6-3-9-39-28)19-7-8-25(34)23(13-19)30(38)44)40-27(43)16-42-15-24(18-4-1-2-5-18)29(41-42)31(35,36)37/h3-4,6-11,13-15,26H,1-2,5,12,16H2,(H2,38,44)(H,40,43). The lowest BCUT2D eigenvalue weighted by atomic mass is 9.94. The van der Waals surface area contributed by atoms with Crippen LogP contribution in [0.1, 0.15) is 58.2 Å². The van der Waals surface area contributed by atoms with Gasteiger partial charge < -0.3 is 11.1 Å². The Morgan fingerprint density at radius 1 is 1.02 bits per heavy atom. The van der Waals surface area contributed by atoms with E-state index in [1.54, 1.807) is 18.2 Å². The van der Waals surface area contributed by atoms with E-state index in [9.17, 15) is 35.9 Å². The van der Waals surface area contributed by atoms with Gasteiger partial charge in [0.1, 0.15) is 24.0 Å². The second kappa shape index (κ2) is 12.3. The van der Waals surface area contributed by atoms with Gasteiger partial charge in [0.25, 0.3) is 5.91 Å². The van der Waals surface area contributed by atoms with E-state index in [-0.39, 0.29) is 23.2 Å². The number of rotatable bonds is 9. The number of halogens is 6. The molecule has 2 heterocycles. The summed E-state index contributed by atoms with van der Waals surface area (Å²) >= 11 is 0. The first-order valence-electron chi connectivity index (χ1n) is 13.5. The van der Waals surface area contributed by atoms with Crippen LogP contribution in [-0.2, 0) is 23.9 Å². The fourth-order valence-electron chi connectivity index (χ4n) is 5.25. The van der Waals surface area contributed by atoms with Crippen LogP contribution >= 0.6 is 0 Å². The highest BCUT2D eigenvalue weighted by molar-refractivity contribution is 5.94. The molecule has 4 aromatic rings. The Morgan fingerprint density at radius 2 is 1.77 bits per heavy atom. The highest BCUT2D eigenvalue weighted by atomic mass is 19.4. The quantitative estimate of drug-likeness (QED) is 0.221. The molecule has 7 nitrogen and oxygen atoms in total. The Kier molecular flexibility index (Phi) is 8.56. The summed E-state index contributed by atoms with van der Waals surface area (Å²) in [6.07, 6.45) is 1.17. The smallest absolute Gasteiger partial charge is 0.366 e. The number of carbonyl (C=O) groups excluding carboxylic acids is 2. The van der Waals surface area contributed by atoms with Gasteiger partial charge in [-0.1, -0.05) is 18.2 Å². The Morgan fingerprint density at radius 3 is 2.43 bits per heavy atom. The first-order valence-corrected chi connectivity index (χ1v) is 13.5. The van der Waals surface area contributed by atoms with E-state index < -0.39 is 59.3 Å². The van der Waals surface area contributed by atoms with Crippen LogP contribution in [-0.4, -0.2) is 26.6 Å². The Hall–Kier alpha value is -4.94. The summed E-state index contributed by atoms with van der Waals surface area (Å²) in [7, 11) is 0. The van der Waals surface area contributed by atoms with E-state index in [1.807, 2.05) is 0 Å². The van der Waals surface area contributed by atoms with Crippen molar-refractivity contribution in [2.24, 2.45) is 5.73 Å². The predicted octanol–water partition coefficient (Wildman–Crippen LogP) is 6.15. The minimum absolute atomic E-state index is 0.0943. The van der Waals surface area contributed by atoms with Crippen molar-refractivity contribution in [3.05, 3.63) is 113 Å². The van der Waals surface area contributed by atoms with E-state index in [2.05, 4.69) is 15.4 Å². The molecule has 0 fully saturated rings. The summed E-state index contributed by atoms with van der Waals surface area (Å²) in [6.45, 7) is -0.602. The second-order valence-electron chi connectivity index (χ2n) is 10.3. The number of alkyl halides is 3. The average Bonchev–Trinajstić information content (AvgIpc) is 3.63. The summed E-state index contributed by atoms with van der Waals surface area (Å²) in [5.41, 5.74) is 5.20. The molecule has 2 amide bonds. The number of hydrogen-bond donors (Lipinski definition) is 2. The van der Waals surface area contributed by atoms with Crippen molar-refractivity contribution in [1.82, 2.24) is 20.1 Å². The molecule has 1 unspecified atom stereocenters. The van der Waals surface area contributed by atoms with Crippen LogP contribution in [0.2, 0.25) is 0 Å². The molecule has 2 aromatic heterocycles. The maximum absolute atomic E-state index is 14.2. The zero-order chi connectivity index (χ0) is 31.6. The summed E-state index contributed by atoms with van der Waals surface area (Å²) in [4.78, 5) is 29.4. The maximum Gasteiger partial charge on any atom is 0.435 e. The summed E-state index contributed by atoms with van der Waals surface area (Å²) in [6, 6.07) is 8.49. The molecule has 1 aliphatic carbocycles. The molecule has 0 saturated heterocycles. The highest BCUT2D eigenvalue weighted by Gasteiger charge is 2.38. The number of nitrogens with one attached hydrogen (secondary N) is 1. The Bertz CT molecular complexity index is 1740. The molecule has 0 spiro atoms. The second-order valence-corrected chi connectivity index (χ2v) is 10.3. The lowest BCUT2D eigenvalue weighted by Crippen LogP contribution is -2.34. The van der Waals surface area contributed by atoms with Gasteiger partial charge in [-0.3, -0.25) is 19.3 Å². The fraction of sp³-hybridized carbons (Fsp3) is 0.226. The van der Waals surface area contributed by atoms with Crippen LogP contribution in [0.4, 0.5) is 26.3 Å². The number of aromatic nitrogens is 3. The third-order valence-corrected chi connectivity index (χ3v) is 7.13. The van der Waals surface area contributed by atoms with Gasteiger partial charge in [0.05, 0.1) is 17.3 Å². The van der Waals surface area contributed by atoms with Gasteiger partial charge in [-0.25, -0.2) is 13.2 Å². The lowest BCUT2D eigenvalue weighted by Gasteiger charge is -2.22. The molecule has 2 aromatic carbocycles. The zero-order valence-corrected chi connectivity index (χ0v) is 23.0. The Balaban J connectivity index is 1.50. The van der Waals surface area contributed by atoms with Crippen LogP contribution in [0, 0.1) is 17.5 Å². The summed E-state index contributed by atoms with van der Waals surface area (Å²) < 4.78 is 84.6. The van der Waals surface area contributed by atoms with Gasteiger partial charge in [0, 0.05) is 29.6 Å². The van der Waals surface area contributed by atoms with Crippen molar-refractivity contribution in [2.75, 3.05) is 0 Å². The minimum Gasteiger partial charge on any atom is -0.366 e. The SMILES string of the molecule is NC(=O)c1cc(-c2cccnc2C(Cc2cc(F)cc(F)c2)NC(=O)Cn2cc(C3=CCCC3)c(C(F)(F)F)n2)ccc1F. The topological polar surface area (TPSA) is 103 Å². The van der Waals surface area contributed by atoms with Gasteiger partial charge in [-0.2, -0.15) is 18.3 Å². The highest BCUT2D eigenvalue weighted by Crippen LogP contribution is 2.37. The average molecular weight is 614 g/mol. The number of amides is 2. The molecule has 228 valence electrons. The van der Waals surface area contributed by atoms with Crippen molar-refractivity contribution in [1.29, 1.82) is 0 Å². The molecular formula is C31H25F6N5O2. The van der Waals surface area contributed by atoms with Crippen LogP contribution in [0.3, 0.4) is 0 Å². The number of pyridine rings is 1. The number of primary amides is 1. The molecule has 1 atom stereocenters. The molecule has 13 heteroatoms. The monoisotopic (exact) mass is 613 g/mol. The molecule has 1 aliphatic rings. The molecule has 5 rings (SSSR count). The molecule has 0 saturated carbocycles. The zero-order valence-electron chi connectivity index (χ0n) is 23.0. The normalized spacial score (nSPS) is 13.9. The number of nitrogens with zero attached hydrogens (tertiary/aromatic N) is 3. The van der Waals surface area contributed by atoms with Crippen LogP contribution in [0.25, 0.3) is 16.7 Å². The van der Waals surface area contributed by atoms with Gasteiger partial charge in [0.2, 0.25) is 5.91 Å². The number of allylic oxidation sites excluding steroid dienone is 2. The number of nitrogens with two attached hydrogens (primary N) is 1. The summed E-state index contributed by atoms with van der Waals surface area (Å²) in [5.74, 6) is -4.34.